The molecule has 2 aliphatic rings. The number of hydrogen-bond donors (Lipinski definition) is 4. The van der Waals surface area contributed by atoms with Gasteiger partial charge in [0.05, 0.1) is 12.7 Å². The molecule has 36 heavy (non-hydrogen) atoms. The van der Waals surface area contributed by atoms with Gasteiger partial charge in [-0.05, 0) is 51.9 Å². The Balaban J connectivity index is 1.77. The van der Waals surface area contributed by atoms with Crippen LogP contribution in [0.4, 0.5) is 0 Å². The van der Waals surface area contributed by atoms with E-state index < -0.39 is 36.1 Å². The van der Waals surface area contributed by atoms with Crippen LogP contribution in [0.1, 0.15) is 72.1 Å². The van der Waals surface area contributed by atoms with Crippen molar-refractivity contribution in [2.75, 3.05) is 26.2 Å². The van der Waals surface area contributed by atoms with E-state index in [1.165, 1.54) is 13.8 Å². The Bertz CT molecular complexity index is 767. The summed E-state index contributed by atoms with van der Waals surface area (Å²) in [4.78, 5) is 49.9. The number of nitrogens with one attached hydrogen (secondary N) is 1. The lowest BCUT2D eigenvalue weighted by Gasteiger charge is -2.41. The molecule has 11 nitrogen and oxygen atoms in total. The van der Waals surface area contributed by atoms with Crippen LogP contribution in [0, 0.1) is 5.41 Å². The summed E-state index contributed by atoms with van der Waals surface area (Å²) in [5.41, 5.74) is -0.513. The van der Waals surface area contributed by atoms with Gasteiger partial charge in [0.25, 0.3) is 0 Å². The Kier molecular flexibility index (Phi) is 11.9. The van der Waals surface area contributed by atoms with Crippen LogP contribution in [-0.2, 0) is 28.7 Å². The molecule has 2 rings (SSSR count). The third kappa shape index (κ3) is 9.19. The molecule has 0 unspecified atom stereocenters. The SMILES string of the molecule is CC(=O)CCCCC(=O)N1CCC(CC(C)=O)(CC(=O)NCCO[C@@H]2O[C@@H](C)[C@@H](O)[C@@H](O)[C@@H]2O)CC1. The number of aliphatic hydroxyl groups is 3. The molecule has 2 fully saturated rings. The lowest BCUT2D eigenvalue weighted by atomic mass is 9.72. The van der Waals surface area contributed by atoms with E-state index in [0.29, 0.717) is 51.6 Å². The number of piperidine rings is 1. The van der Waals surface area contributed by atoms with Crippen molar-refractivity contribution in [2.45, 2.75) is 103 Å². The van der Waals surface area contributed by atoms with E-state index in [0.717, 1.165) is 0 Å². The zero-order valence-corrected chi connectivity index (χ0v) is 21.6. The van der Waals surface area contributed by atoms with Gasteiger partial charge in [-0.1, -0.05) is 0 Å². The van der Waals surface area contributed by atoms with Gasteiger partial charge in [-0.2, -0.15) is 0 Å². The predicted molar refractivity (Wildman–Crippen MR) is 129 cm³/mol. The molecule has 0 bridgehead atoms. The second-order valence-electron chi connectivity index (χ2n) is 10.2. The van der Waals surface area contributed by atoms with Crippen LogP contribution in [0.15, 0.2) is 0 Å². The van der Waals surface area contributed by atoms with Crippen LogP contribution in [0.3, 0.4) is 0 Å². The number of likely N-dealkylation sites (tertiary alicyclic amines) is 1. The normalized spacial score (nSPS) is 27.9. The number of ketones is 2. The summed E-state index contributed by atoms with van der Waals surface area (Å²) in [6, 6.07) is 0. The summed E-state index contributed by atoms with van der Waals surface area (Å²) in [7, 11) is 0. The van der Waals surface area contributed by atoms with Gasteiger partial charge in [0.15, 0.2) is 6.29 Å². The topological polar surface area (TPSA) is 163 Å². The first kappa shape index (κ1) is 30.3. The van der Waals surface area contributed by atoms with Crippen LogP contribution < -0.4 is 5.32 Å². The molecule has 2 amide bonds. The number of rotatable bonds is 13. The number of aliphatic hydroxyl groups excluding tert-OH is 3. The van der Waals surface area contributed by atoms with Crippen LogP contribution in [-0.4, -0.2) is 101 Å². The third-order valence-corrected chi connectivity index (χ3v) is 7.02. The number of carbonyl (C=O) groups excluding carboxylic acids is 4. The fraction of sp³-hybridized carbons (Fsp3) is 0.840. The van der Waals surface area contributed by atoms with E-state index in [1.54, 1.807) is 11.8 Å². The van der Waals surface area contributed by atoms with Gasteiger partial charge in [-0.15, -0.1) is 0 Å². The van der Waals surface area contributed by atoms with E-state index in [-0.39, 0.29) is 49.4 Å². The summed E-state index contributed by atoms with van der Waals surface area (Å²) in [5.74, 6) is -0.0886. The minimum absolute atomic E-state index is 0.00607. The Morgan fingerprint density at radius 1 is 0.944 bits per heavy atom. The van der Waals surface area contributed by atoms with E-state index in [4.69, 9.17) is 9.47 Å². The van der Waals surface area contributed by atoms with Crippen molar-refractivity contribution < 1.29 is 44.0 Å². The number of nitrogens with zero attached hydrogens (tertiary/aromatic N) is 1. The summed E-state index contributed by atoms with van der Waals surface area (Å²) < 4.78 is 10.8. The van der Waals surface area contributed by atoms with Gasteiger partial charge in [0.1, 0.15) is 29.9 Å². The molecule has 0 aromatic heterocycles. The molecule has 2 heterocycles. The van der Waals surface area contributed by atoms with Gasteiger partial charge < -0.3 is 44.6 Å². The summed E-state index contributed by atoms with van der Waals surface area (Å²) in [6.07, 6.45) is -2.11. The predicted octanol–water partition coefficient (Wildman–Crippen LogP) is 0.0741. The van der Waals surface area contributed by atoms with E-state index >= 15 is 0 Å². The molecule has 11 heteroatoms. The van der Waals surface area contributed by atoms with Crippen molar-refractivity contribution in [3.8, 4) is 0 Å². The van der Waals surface area contributed by atoms with Crippen molar-refractivity contribution in [3.05, 3.63) is 0 Å². The van der Waals surface area contributed by atoms with Crippen LogP contribution in [0.25, 0.3) is 0 Å². The molecule has 0 aromatic carbocycles. The summed E-state index contributed by atoms with van der Waals surface area (Å²) in [6.45, 7) is 5.73. The standard InChI is InChI=1S/C25H42N2O9/c1-16(28)6-4-5-7-20(31)27-11-8-25(9-12-27,14-17(2)29)15-19(30)26-10-13-35-24-23(34)22(33)21(32)18(3)36-24/h18,21-24,32-34H,4-15H2,1-3H3,(H,26,30)/t18-,21+,22+,23-,24+/m0/s1. The highest BCUT2D eigenvalue weighted by molar-refractivity contribution is 5.80. The highest BCUT2D eigenvalue weighted by Crippen LogP contribution is 2.39. The average Bonchev–Trinajstić information content (AvgIpc) is 2.81. The quantitative estimate of drug-likeness (QED) is 0.249. The molecule has 206 valence electrons. The van der Waals surface area contributed by atoms with Gasteiger partial charge in [0, 0.05) is 45.3 Å². The first-order valence-electron chi connectivity index (χ1n) is 12.8. The molecule has 0 radical (unpaired) electrons. The number of Topliss-reactive ketones (excluding diaryl/α,β-unsaturated/α-hetero) is 2. The lowest BCUT2D eigenvalue weighted by molar-refractivity contribution is -0.292. The van der Waals surface area contributed by atoms with Crippen molar-refractivity contribution in [3.63, 3.8) is 0 Å². The highest BCUT2D eigenvalue weighted by Gasteiger charge is 2.42. The number of carbonyl (C=O) groups is 4. The first-order chi connectivity index (χ1) is 16.9. The van der Waals surface area contributed by atoms with E-state index in [2.05, 4.69) is 5.32 Å². The Hall–Kier alpha value is -1.92. The van der Waals surface area contributed by atoms with Crippen molar-refractivity contribution in [2.24, 2.45) is 5.41 Å². The second-order valence-corrected chi connectivity index (χ2v) is 10.2. The number of unbranched alkanes of at least 4 members (excludes halogenated alkanes) is 1. The number of amides is 2. The van der Waals surface area contributed by atoms with Gasteiger partial charge in [-0.25, -0.2) is 0 Å². The fourth-order valence-electron chi connectivity index (χ4n) is 4.90. The Labute approximate surface area is 212 Å². The largest absolute Gasteiger partial charge is 0.388 e. The minimum atomic E-state index is -1.41. The molecule has 0 aliphatic carbocycles. The van der Waals surface area contributed by atoms with Crippen LogP contribution >= 0.6 is 0 Å². The molecule has 0 spiro atoms. The summed E-state index contributed by atoms with van der Waals surface area (Å²) in [5, 5.41) is 32.3. The molecular weight excluding hydrogens is 472 g/mol. The van der Waals surface area contributed by atoms with Crippen LogP contribution in [0.5, 0.6) is 0 Å². The fourth-order valence-corrected chi connectivity index (χ4v) is 4.90. The summed E-state index contributed by atoms with van der Waals surface area (Å²) >= 11 is 0. The van der Waals surface area contributed by atoms with Crippen LogP contribution in [0.2, 0.25) is 0 Å². The smallest absolute Gasteiger partial charge is 0.222 e. The van der Waals surface area contributed by atoms with Crippen molar-refractivity contribution >= 4 is 23.4 Å². The van der Waals surface area contributed by atoms with Crippen molar-refractivity contribution in [1.82, 2.24) is 10.2 Å². The molecule has 2 aliphatic heterocycles. The maximum Gasteiger partial charge on any atom is 0.222 e. The number of hydrogen-bond acceptors (Lipinski definition) is 9. The highest BCUT2D eigenvalue weighted by atomic mass is 16.7. The molecule has 0 aromatic rings. The first-order valence-corrected chi connectivity index (χ1v) is 12.8. The molecule has 2 saturated heterocycles. The zero-order valence-electron chi connectivity index (χ0n) is 21.6. The second kappa shape index (κ2) is 14.1. The van der Waals surface area contributed by atoms with Crippen molar-refractivity contribution in [1.29, 1.82) is 0 Å². The molecule has 5 atom stereocenters. The van der Waals surface area contributed by atoms with E-state index in [9.17, 15) is 34.5 Å². The Morgan fingerprint density at radius 3 is 2.19 bits per heavy atom. The van der Waals surface area contributed by atoms with Gasteiger partial charge in [-0.3, -0.25) is 9.59 Å². The average molecular weight is 515 g/mol. The number of ether oxygens (including phenoxy) is 2. The molecule has 4 N–H and O–H groups in total. The maximum atomic E-state index is 12.7. The maximum absolute atomic E-state index is 12.7. The monoisotopic (exact) mass is 514 g/mol. The molecule has 0 saturated carbocycles. The minimum Gasteiger partial charge on any atom is -0.388 e. The van der Waals surface area contributed by atoms with Gasteiger partial charge >= 0.3 is 0 Å². The zero-order chi connectivity index (χ0) is 26.9. The third-order valence-electron chi connectivity index (χ3n) is 7.02. The lowest BCUT2D eigenvalue weighted by Crippen LogP contribution is -2.57. The Morgan fingerprint density at radius 2 is 1.58 bits per heavy atom. The van der Waals surface area contributed by atoms with Gasteiger partial charge in [0.2, 0.25) is 11.8 Å². The van der Waals surface area contributed by atoms with E-state index in [1.807, 2.05) is 0 Å². The molecular formula is C25H42N2O9.